The fourth-order valence-corrected chi connectivity index (χ4v) is 2.65. The Morgan fingerprint density at radius 3 is 2.24 bits per heavy atom. The predicted molar refractivity (Wildman–Crippen MR) is 109 cm³/mol. The van der Waals surface area contributed by atoms with Crippen molar-refractivity contribution in [3.05, 3.63) is 24.3 Å². The quantitative estimate of drug-likeness (QED) is 0.383. The van der Waals surface area contributed by atoms with Gasteiger partial charge in [0.25, 0.3) is 0 Å². The Balaban J connectivity index is 2.25. The number of rotatable bonds is 12. The van der Waals surface area contributed by atoms with E-state index in [-0.39, 0.29) is 5.91 Å². The zero-order chi connectivity index (χ0) is 18.3. The van der Waals surface area contributed by atoms with Crippen molar-refractivity contribution < 1.29 is 9.53 Å². The SMILES string of the molecule is CCCCCCOc1ccc(NC(=S)NC(=O)CCCCCC)cc1. The van der Waals surface area contributed by atoms with Crippen LogP contribution in [0.5, 0.6) is 5.75 Å². The van der Waals surface area contributed by atoms with Crippen molar-refractivity contribution >= 4 is 28.9 Å². The van der Waals surface area contributed by atoms with Gasteiger partial charge in [-0.25, -0.2) is 0 Å². The Morgan fingerprint density at radius 1 is 0.960 bits per heavy atom. The number of thiocarbonyl (C=S) groups is 1. The Morgan fingerprint density at radius 2 is 1.60 bits per heavy atom. The Bertz CT molecular complexity index is 503. The number of anilines is 1. The fourth-order valence-electron chi connectivity index (χ4n) is 2.42. The van der Waals surface area contributed by atoms with Gasteiger partial charge in [0.2, 0.25) is 5.91 Å². The van der Waals surface area contributed by atoms with Gasteiger partial charge in [0.05, 0.1) is 6.61 Å². The van der Waals surface area contributed by atoms with Gasteiger partial charge < -0.3 is 15.4 Å². The van der Waals surface area contributed by atoms with Crippen LogP contribution >= 0.6 is 12.2 Å². The lowest BCUT2D eigenvalue weighted by Gasteiger charge is -2.11. The first-order valence-electron chi connectivity index (χ1n) is 9.49. The summed E-state index contributed by atoms with van der Waals surface area (Å²) in [4.78, 5) is 11.8. The number of hydrogen-bond acceptors (Lipinski definition) is 3. The zero-order valence-electron chi connectivity index (χ0n) is 15.6. The Labute approximate surface area is 157 Å². The molecule has 0 saturated heterocycles. The van der Waals surface area contributed by atoms with Gasteiger partial charge in [-0.05, 0) is 49.3 Å². The van der Waals surface area contributed by atoms with Crippen LogP contribution in [0, 0.1) is 0 Å². The topological polar surface area (TPSA) is 50.4 Å². The second kappa shape index (κ2) is 13.6. The van der Waals surface area contributed by atoms with Crippen LogP contribution in [0.3, 0.4) is 0 Å². The number of unbranched alkanes of at least 4 members (excludes halogenated alkanes) is 6. The predicted octanol–water partition coefficient (Wildman–Crippen LogP) is 5.43. The summed E-state index contributed by atoms with van der Waals surface area (Å²) in [5.74, 6) is 0.827. The third kappa shape index (κ3) is 10.8. The molecule has 25 heavy (non-hydrogen) atoms. The molecule has 0 radical (unpaired) electrons. The average molecular weight is 365 g/mol. The minimum absolute atomic E-state index is 0.0272. The molecular formula is C20H32N2O2S. The first-order chi connectivity index (χ1) is 12.2. The van der Waals surface area contributed by atoms with Gasteiger partial charge >= 0.3 is 0 Å². The van der Waals surface area contributed by atoms with E-state index < -0.39 is 0 Å². The molecule has 0 unspecified atom stereocenters. The molecule has 1 aromatic carbocycles. The van der Waals surface area contributed by atoms with E-state index in [2.05, 4.69) is 24.5 Å². The number of carbonyl (C=O) groups excluding carboxylic acids is 1. The number of amides is 1. The van der Waals surface area contributed by atoms with Gasteiger partial charge in [-0.15, -0.1) is 0 Å². The summed E-state index contributed by atoms with van der Waals surface area (Å²) in [7, 11) is 0. The molecule has 0 aliphatic rings. The summed E-state index contributed by atoms with van der Waals surface area (Å²) < 4.78 is 5.71. The lowest BCUT2D eigenvalue weighted by atomic mass is 10.1. The molecule has 0 atom stereocenters. The second-order valence-corrected chi connectivity index (χ2v) is 6.65. The van der Waals surface area contributed by atoms with Gasteiger partial charge in [0, 0.05) is 12.1 Å². The summed E-state index contributed by atoms with van der Waals surface area (Å²) in [6, 6.07) is 7.64. The minimum atomic E-state index is -0.0272. The molecule has 0 fully saturated rings. The zero-order valence-corrected chi connectivity index (χ0v) is 16.4. The number of ether oxygens (including phenoxy) is 1. The molecule has 0 aromatic heterocycles. The molecule has 0 aliphatic heterocycles. The fraction of sp³-hybridized carbons (Fsp3) is 0.600. The van der Waals surface area contributed by atoms with Crippen molar-refractivity contribution in [3.63, 3.8) is 0 Å². The molecule has 4 nitrogen and oxygen atoms in total. The summed E-state index contributed by atoms with van der Waals surface area (Å²) >= 11 is 5.18. The maximum atomic E-state index is 11.8. The lowest BCUT2D eigenvalue weighted by molar-refractivity contribution is -0.119. The van der Waals surface area contributed by atoms with Gasteiger partial charge in [0.1, 0.15) is 5.75 Å². The molecule has 0 saturated carbocycles. The largest absolute Gasteiger partial charge is 0.494 e. The highest BCUT2D eigenvalue weighted by molar-refractivity contribution is 7.80. The highest BCUT2D eigenvalue weighted by atomic mass is 32.1. The molecule has 1 rings (SSSR count). The van der Waals surface area contributed by atoms with E-state index in [4.69, 9.17) is 17.0 Å². The second-order valence-electron chi connectivity index (χ2n) is 6.25. The number of benzene rings is 1. The normalized spacial score (nSPS) is 10.3. The molecule has 0 bridgehead atoms. The average Bonchev–Trinajstić information content (AvgIpc) is 2.60. The van der Waals surface area contributed by atoms with Crippen molar-refractivity contribution in [2.75, 3.05) is 11.9 Å². The maximum absolute atomic E-state index is 11.8. The Kier molecular flexibility index (Phi) is 11.7. The van der Waals surface area contributed by atoms with Gasteiger partial charge in [0.15, 0.2) is 5.11 Å². The van der Waals surface area contributed by atoms with Crippen LogP contribution in [-0.4, -0.2) is 17.6 Å². The number of carbonyl (C=O) groups is 1. The van der Waals surface area contributed by atoms with Gasteiger partial charge in [-0.2, -0.15) is 0 Å². The standard InChI is InChI=1S/C20H32N2O2S/c1-3-5-7-9-11-19(23)22-20(25)21-17-12-14-18(15-13-17)24-16-10-8-6-4-2/h12-15H,3-11,16H2,1-2H3,(H2,21,22,23,25). The maximum Gasteiger partial charge on any atom is 0.226 e. The third-order valence-electron chi connectivity index (χ3n) is 3.89. The van der Waals surface area contributed by atoms with E-state index >= 15 is 0 Å². The van der Waals surface area contributed by atoms with E-state index in [1.54, 1.807) is 0 Å². The molecule has 0 spiro atoms. The molecule has 1 aromatic rings. The van der Waals surface area contributed by atoms with Crippen LogP contribution < -0.4 is 15.4 Å². The summed E-state index contributed by atoms with van der Waals surface area (Å²) in [6.45, 7) is 5.10. The van der Waals surface area contributed by atoms with Crippen LogP contribution in [0.25, 0.3) is 0 Å². The Hall–Kier alpha value is -1.62. The van der Waals surface area contributed by atoms with Crippen molar-refractivity contribution in [1.82, 2.24) is 5.32 Å². The highest BCUT2D eigenvalue weighted by Gasteiger charge is 2.05. The minimum Gasteiger partial charge on any atom is -0.494 e. The summed E-state index contributed by atoms with van der Waals surface area (Å²) in [5.41, 5.74) is 0.842. The van der Waals surface area contributed by atoms with E-state index in [9.17, 15) is 4.79 Å². The molecule has 0 heterocycles. The van der Waals surface area contributed by atoms with Crippen LogP contribution in [0.1, 0.15) is 71.6 Å². The van der Waals surface area contributed by atoms with E-state index in [1.165, 1.54) is 32.1 Å². The lowest BCUT2D eigenvalue weighted by Crippen LogP contribution is -2.33. The van der Waals surface area contributed by atoms with Crippen molar-refractivity contribution in [2.24, 2.45) is 0 Å². The smallest absolute Gasteiger partial charge is 0.226 e. The van der Waals surface area contributed by atoms with Crippen LogP contribution in [0.4, 0.5) is 5.69 Å². The van der Waals surface area contributed by atoms with Crippen LogP contribution in [0.2, 0.25) is 0 Å². The molecule has 2 N–H and O–H groups in total. The first kappa shape index (κ1) is 21.4. The van der Waals surface area contributed by atoms with Gasteiger partial charge in [-0.3, -0.25) is 4.79 Å². The molecule has 1 amide bonds. The number of hydrogen-bond donors (Lipinski definition) is 2. The molecule has 0 aliphatic carbocycles. The molecule has 140 valence electrons. The number of nitrogens with one attached hydrogen (secondary N) is 2. The van der Waals surface area contributed by atoms with Crippen LogP contribution in [0.15, 0.2) is 24.3 Å². The third-order valence-corrected chi connectivity index (χ3v) is 4.09. The summed E-state index contributed by atoms with van der Waals surface area (Å²) in [6.07, 6.45) is 9.64. The molecule has 5 heteroatoms. The highest BCUT2D eigenvalue weighted by Crippen LogP contribution is 2.16. The van der Waals surface area contributed by atoms with E-state index in [0.717, 1.165) is 37.3 Å². The summed E-state index contributed by atoms with van der Waals surface area (Å²) in [5, 5.41) is 6.09. The molecular weight excluding hydrogens is 332 g/mol. The van der Waals surface area contributed by atoms with Crippen molar-refractivity contribution in [1.29, 1.82) is 0 Å². The van der Waals surface area contributed by atoms with Crippen molar-refractivity contribution in [3.8, 4) is 5.75 Å². The van der Waals surface area contributed by atoms with Crippen molar-refractivity contribution in [2.45, 2.75) is 71.6 Å². The van der Waals surface area contributed by atoms with Crippen LogP contribution in [-0.2, 0) is 4.79 Å². The van der Waals surface area contributed by atoms with E-state index in [1.807, 2.05) is 24.3 Å². The van der Waals surface area contributed by atoms with Gasteiger partial charge in [-0.1, -0.05) is 52.4 Å². The first-order valence-corrected chi connectivity index (χ1v) is 9.90. The monoisotopic (exact) mass is 364 g/mol. The van der Waals surface area contributed by atoms with E-state index in [0.29, 0.717) is 11.5 Å².